The van der Waals surface area contributed by atoms with Gasteiger partial charge in [0.2, 0.25) is 0 Å². The number of carbonyl (C=O) groups is 1. The van der Waals surface area contributed by atoms with Crippen molar-refractivity contribution in [3.8, 4) is 11.3 Å². The zero-order valence-electron chi connectivity index (χ0n) is 16.1. The third-order valence-corrected chi connectivity index (χ3v) is 6.17. The molecule has 1 saturated heterocycles. The number of hydrogen-bond donors (Lipinski definition) is 0. The Morgan fingerprint density at radius 2 is 1.91 bits per heavy atom. The Morgan fingerprint density at radius 1 is 1.15 bits per heavy atom. The lowest BCUT2D eigenvalue weighted by atomic mass is 10.1. The number of benzene rings is 2. The number of furan rings is 1. The molecule has 1 amide bonds. The van der Waals surface area contributed by atoms with Crippen molar-refractivity contribution < 1.29 is 27.3 Å². The second-order valence-electron chi connectivity index (χ2n) is 6.69. The van der Waals surface area contributed by atoms with E-state index in [0.29, 0.717) is 11.3 Å². The lowest BCUT2D eigenvalue weighted by molar-refractivity contribution is -0.384. The summed E-state index contributed by atoms with van der Waals surface area (Å²) in [4.78, 5) is 24.3. The normalized spacial score (nSPS) is 15.5. The number of hydrogen-bond acceptors (Lipinski definition) is 6. The standard InChI is InChI=1S/C21H10ClF3N2O4S2/c22-16-9-13(27(29)30)4-6-15(16)17-7-5-14(31-17)10-18-19(28)26(20(32)33-18)12-3-1-2-11(8-12)21(23,24)25/h1-10H/b18-10-. The number of nitro groups is 1. The van der Waals surface area contributed by atoms with Crippen molar-refractivity contribution in [1.29, 1.82) is 0 Å². The molecule has 12 heteroatoms. The largest absolute Gasteiger partial charge is 0.457 e. The first-order valence-corrected chi connectivity index (χ1v) is 10.6. The van der Waals surface area contributed by atoms with E-state index >= 15 is 0 Å². The van der Waals surface area contributed by atoms with Crippen LogP contribution < -0.4 is 4.90 Å². The van der Waals surface area contributed by atoms with Crippen LogP contribution in [0.15, 0.2) is 63.9 Å². The van der Waals surface area contributed by atoms with Gasteiger partial charge in [0.1, 0.15) is 11.5 Å². The van der Waals surface area contributed by atoms with Gasteiger partial charge in [0.15, 0.2) is 4.32 Å². The van der Waals surface area contributed by atoms with E-state index in [-0.39, 0.29) is 31.4 Å². The van der Waals surface area contributed by atoms with Gasteiger partial charge in [-0.25, -0.2) is 0 Å². The number of carbonyl (C=O) groups excluding carboxylic acids is 1. The first-order chi connectivity index (χ1) is 15.5. The Hall–Kier alpha value is -3.15. The van der Waals surface area contributed by atoms with Crippen LogP contribution in [0.25, 0.3) is 17.4 Å². The van der Waals surface area contributed by atoms with Crippen LogP contribution in [0.2, 0.25) is 5.02 Å². The Kier molecular flexibility index (Phi) is 6.04. The van der Waals surface area contributed by atoms with Gasteiger partial charge < -0.3 is 4.42 Å². The van der Waals surface area contributed by atoms with Crippen molar-refractivity contribution in [3.63, 3.8) is 0 Å². The van der Waals surface area contributed by atoms with Crippen LogP contribution >= 0.6 is 35.6 Å². The van der Waals surface area contributed by atoms with Crippen LogP contribution in [-0.2, 0) is 11.0 Å². The number of nitrogens with zero attached hydrogens (tertiary/aromatic N) is 2. The van der Waals surface area contributed by atoms with E-state index in [1.807, 2.05) is 0 Å². The third-order valence-electron chi connectivity index (χ3n) is 4.55. The summed E-state index contributed by atoms with van der Waals surface area (Å²) in [6.07, 6.45) is -3.15. The van der Waals surface area contributed by atoms with Gasteiger partial charge in [0, 0.05) is 23.8 Å². The van der Waals surface area contributed by atoms with Crippen LogP contribution in [0.4, 0.5) is 24.5 Å². The molecule has 1 aromatic heterocycles. The fraction of sp³-hybridized carbons (Fsp3) is 0.0476. The summed E-state index contributed by atoms with van der Waals surface area (Å²) >= 11 is 12.2. The molecule has 0 bridgehead atoms. The Labute approximate surface area is 198 Å². The molecule has 2 heterocycles. The van der Waals surface area contributed by atoms with Gasteiger partial charge in [-0.2, -0.15) is 13.2 Å². The molecule has 6 nitrogen and oxygen atoms in total. The highest BCUT2D eigenvalue weighted by molar-refractivity contribution is 8.27. The molecule has 1 fully saturated rings. The van der Waals surface area contributed by atoms with Crippen LogP contribution in [0.3, 0.4) is 0 Å². The first-order valence-electron chi connectivity index (χ1n) is 9.04. The minimum atomic E-state index is -4.56. The summed E-state index contributed by atoms with van der Waals surface area (Å²) in [6, 6.07) is 11.4. The van der Waals surface area contributed by atoms with Gasteiger partial charge in [0.05, 0.1) is 26.1 Å². The van der Waals surface area contributed by atoms with Gasteiger partial charge in [-0.3, -0.25) is 19.8 Å². The van der Waals surface area contributed by atoms with Crippen molar-refractivity contribution in [1.82, 2.24) is 0 Å². The SMILES string of the molecule is O=C1/C(=C/c2ccc(-c3ccc([N+](=O)[O-])cc3Cl)o2)SC(=S)N1c1cccc(C(F)(F)F)c1. The fourth-order valence-corrected chi connectivity index (χ4v) is 4.58. The number of anilines is 1. The van der Waals surface area contributed by atoms with Crippen LogP contribution in [0.5, 0.6) is 0 Å². The second kappa shape index (κ2) is 8.65. The zero-order chi connectivity index (χ0) is 23.9. The molecule has 0 N–H and O–H groups in total. The van der Waals surface area contributed by atoms with E-state index in [1.54, 1.807) is 12.1 Å². The van der Waals surface area contributed by atoms with E-state index in [0.717, 1.165) is 28.8 Å². The van der Waals surface area contributed by atoms with Gasteiger partial charge in [0.25, 0.3) is 11.6 Å². The Morgan fingerprint density at radius 3 is 2.58 bits per heavy atom. The first kappa shape index (κ1) is 23.0. The molecular formula is C21H10ClF3N2O4S2. The maximum absolute atomic E-state index is 13.0. The molecule has 1 aliphatic rings. The summed E-state index contributed by atoms with van der Waals surface area (Å²) in [6.45, 7) is 0. The van der Waals surface area contributed by atoms with Crippen molar-refractivity contribution in [2.75, 3.05) is 4.90 Å². The Balaban J connectivity index is 1.61. The average Bonchev–Trinajstić information content (AvgIpc) is 3.31. The zero-order valence-corrected chi connectivity index (χ0v) is 18.5. The summed E-state index contributed by atoms with van der Waals surface area (Å²) < 4.78 is 44.9. The molecule has 33 heavy (non-hydrogen) atoms. The molecule has 168 valence electrons. The number of thiocarbonyl (C=S) groups is 1. The summed E-state index contributed by atoms with van der Waals surface area (Å²) in [7, 11) is 0. The number of non-ortho nitro benzene ring substituents is 1. The number of halogens is 4. The summed E-state index contributed by atoms with van der Waals surface area (Å²) in [5.74, 6) is -0.00545. The highest BCUT2D eigenvalue weighted by atomic mass is 35.5. The minimum absolute atomic E-state index is 0.00789. The van der Waals surface area contributed by atoms with Gasteiger partial charge >= 0.3 is 6.18 Å². The second-order valence-corrected chi connectivity index (χ2v) is 8.77. The predicted octanol–water partition coefficient (Wildman–Crippen LogP) is 6.93. The molecule has 0 radical (unpaired) electrons. The van der Waals surface area contributed by atoms with Crippen LogP contribution in [0, 0.1) is 10.1 Å². The average molecular weight is 511 g/mol. The molecule has 1 aliphatic heterocycles. The Bertz CT molecular complexity index is 1340. The topological polar surface area (TPSA) is 76.6 Å². The molecule has 0 saturated carbocycles. The number of alkyl halides is 3. The molecule has 0 unspecified atom stereocenters. The monoisotopic (exact) mass is 510 g/mol. The van der Waals surface area contributed by atoms with E-state index in [9.17, 15) is 28.1 Å². The lowest BCUT2D eigenvalue weighted by Crippen LogP contribution is -2.27. The van der Waals surface area contributed by atoms with Gasteiger partial charge in [-0.1, -0.05) is 41.6 Å². The highest BCUT2D eigenvalue weighted by Crippen LogP contribution is 2.39. The van der Waals surface area contributed by atoms with Crippen molar-refractivity contribution >= 4 is 63.3 Å². The summed E-state index contributed by atoms with van der Waals surface area (Å²) in [5.41, 5.74) is -0.644. The maximum Gasteiger partial charge on any atom is 0.416 e. The van der Waals surface area contributed by atoms with E-state index in [2.05, 4.69) is 0 Å². The quantitative estimate of drug-likeness (QED) is 0.164. The number of amides is 1. The molecule has 3 aromatic rings. The molecule has 0 atom stereocenters. The fourth-order valence-electron chi connectivity index (χ4n) is 3.03. The molecule has 2 aromatic carbocycles. The van der Waals surface area contributed by atoms with E-state index in [4.69, 9.17) is 28.2 Å². The van der Waals surface area contributed by atoms with Crippen molar-refractivity contribution in [3.05, 3.63) is 86.0 Å². The minimum Gasteiger partial charge on any atom is -0.457 e. The van der Waals surface area contributed by atoms with Crippen molar-refractivity contribution in [2.45, 2.75) is 6.18 Å². The number of thioether (sulfide) groups is 1. The van der Waals surface area contributed by atoms with E-state index in [1.165, 1.54) is 36.4 Å². The molecule has 4 rings (SSSR count). The van der Waals surface area contributed by atoms with Crippen molar-refractivity contribution in [2.24, 2.45) is 0 Å². The van der Waals surface area contributed by atoms with Crippen LogP contribution in [-0.4, -0.2) is 15.2 Å². The molecular weight excluding hydrogens is 501 g/mol. The van der Waals surface area contributed by atoms with Gasteiger partial charge in [-0.15, -0.1) is 0 Å². The van der Waals surface area contributed by atoms with Gasteiger partial charge in [-0.05, 0) is 36.4 Å². The predicted molar refractivity (Wildman–Crippen MR) is 123 cm³/mol. The van der Waals surface area contributed by atoms with E-state index < -0.39 is 22.6 Å². The highest BCUT2D eigenvalue weighted by Gasteiger charge is 2.36. The third kappa shape index (κ3) is 4.65. The maximum atomic E-state index is 13.0. The molecule has 0 aliphatic carbocycles. The smallest absolute Gasteiger partial charge is 0.416 e. The summed E-state index contributed by atoms with van der Waals surface area (Å²) in [5, 5.41) is 11.0. The lowest BCUT2D eigenvalue weighted by Gasteiger charge is -2.16. The molecule has 0 spiro atoms. The number of rotatable bonds is 4. The number of nitro benzene ring substituents is 1. The van der Waals surface area contributed by atoms with Crippen LogP contribution in [0.1, 0.15) is 11.3 Å².